The van der Waals surface area contributed by atoms with Gasteiger partial charge in [0.25, 0.3) is 0 Å². The Morgan fingerprint density at radius 3 is 2.44 bits per heavy atom. The van der Waals surface area contributed by atoms with Crippen LogP contribution in [0.3, 0.4) is 0 Å². The molecule has 1 heterocycles. The van der Waals surface area contributed by atoms with Crippen molar-refractivity contribution in [1.29, 1.82) is 0 Å². The molecule has 27 heavy (non-hydrogen) atoms. The van der Waals surface area contributed by atoms with Crippen LogP contribution in [0.2, 0.25) is 0 Å². The summed E-state index contributed by atoms with van der Waals surface area (Å²) in [5, 5.41) is 0.506. The average molecular weight is 373 g/mol. The molecule has 1 N–H and O–H groups in total. The van der Waals surface area contributed by atoms with Crippen LogP contribution in [-0.2, 0) is 13.0 Å². The van der Waals surface area contributed by atoms with Crippen molar-refractivity contribution in [3.63, 3.8) is 0 Å². The van der Waals surface area contributed by atoms with Gasteiger partial charge in [-0.15, -0.1) is 0 Å². The van der Waals surface area contributed by atoms with Crippen molar-refractivity contribution in [3.8, 4) is 5.75 Å². The fourth-order valence-corrected chi connectivity index (χ4v) is 3.09. The number of benzene rings is 2. The highest BCUT2D eigenvalue weighted by atomic mass is 19.1. The second-order valence-corrected chi connectivity index (χ2v) is 7.13. The molecule has 144 valence electrons. The Hall–Kier alpha value is -2.33. The van der Waals surface area contributed by atoms with Gasteiger partial charge < -0.3 is 9.72 Å². The van der Waals surface area contributed by atoms with Crippen molar-refractivity contribution >= 4 is 10.9 Å². The molecule has 0 unspecified atom stereocenters. The summed E-state index contributed by atoms with van der Waals surface area (Å²) in [6.45, 7) is 5.36. The molecule has 0 bridgehead atoms. The minimum atomic E-state index is -2.32. The highest BCUT2D eigenvalue weighted by Crippen LogP contribution is 2.30. The molecule has 3 nitrogen and oxygen atoms in total. The van der Waals surface area contributed by atoms with E-state index in [9.17, 15) is 4.39 Å². The normalized spacial score (nSPS) is 15.1. The van der Waals surface area contributed by atoms with Crippen molar-refractivity contribution < 1.29 is 14.6 Å². The maximum Gasteiger partial charge on any atom is 0.129 e. The molecule has 3 rings (SSSR count). The Bertz CT molecular complexity index is 1020. The highest BCUT2D eigenvalue weighted by Gasteiger charge is 2.15. The van der Waals surface area contributed by atoms with Crippen LogP contribution >= 0.6 is 0 Å². The highest BCUT2D eigenvalue weighted by molar-refractivity contribution is 5.89. The van der Waals surface area contributed by atoms with Crippen molar-refractivity contribution in [2.45, 2.75) is 52.8 Å². The molecule has 0 saturated heterocycles. The molecule has 0 spiro atoms. The van der Waals surface area contributed by atoms with Crippen molar-refractivity contribution in [3.05, 3.63) is 65.6 Å². The molecule has 0 aliphatic heterocycles. The van der Waals surface area contributed by atoms with Gasteiger partial charge in [-0.3, -0.25) is 4.90 Å². The van der Waals surface area contributed by atoms with Gasteiger partial charge in [0.2, 0.25) is 0 Å². The fourth-order valence-electron chi connectivity index (χ4n) is 3.09. The lowest BCUT2D eigenvalue weighted by molar-refractivity contribution is 0.177. The lowest BCUT2D eigenvalue weighted by Gasteiger charge is -2.30. The predicted octanol–water partition coefficient (Wildman–Crippen LogP) is 5.55. The number of hydrogen-bond acceptors (Lipinski definition) is 2. The van der Waals surface area contributed by atoms with E-state index in [1.807, 2.05) is 27.7 Å². The van der Waals surface area contributed by atoms with E-state index in [-0.39, 0.29) is 30.1 Å². The summed E-state index contributed by atoms with van der Waals surface area (Å²) in [5.74, 6) is 0.118. The number of aromatic nitrogens is 1. The molecule has 0 radical (unpaired) electrons. The number of ether oxygens (including phenoxy) is 1. The Balaban J connectivity index is 2.03. The fraction of sp³-hybridized carbons (Fsp3) is 0.391. The first-order chi connectivity index (χ1) is 14.5. The molecular weight excluding hydrogens is 339 g/mol. The molecule has 0 amide bonds. The maximum absolute atomic E-state index is 13.2. The van der Waals surface area contributed by atoms with Crippen molar-refractivity contribution in [2.24, 2.45) is 0 Å². The second-order valence-electron chi connectivity index (χ2n) is 7.13. The van der Waals surface area contributed by atoms with Crippen LogP contribution in [-0.4, -0.2) is 28.5 Å². The largest absolute Gasteiger partial charge is 0.488 e. The zero-order valence-electron chi connectivity index (χ0n) is 20.2. The summed E-state index contributed by atoms with van der Waals surface area (Å²) in [4.78, 5) is 4.60. The SMILES string of the molecule is [2H]C([2H])(c1c[nH]c2cccc(OCc3ccc(F)cc3)c12)C([2H])([2H])N(C(C)C)C(C)C. The third kappa shape index (κ3) is 4.69. The molecule has 1 aromatic heterocycles. The smallest absolute Gasteiger partial charge is 0.129 e. The Labute approximate surface area is 166 Å². The van der Waals surface area contributed by atoms with Crippen LogP contribution < -0.4 is 4.74 Å². The summed E-state index contributed by atoms with van der Waals surface area (Å²) in [7, 11) is 0. The summed E-state index contributed by atoms with van der Waals surface area (Å²) in [6, 6.07) is 10.9. The molecule has 0 atom stereocenters. The number of aromatic amines is 1. The van der Waals surface area contributed by atoms with Gasteiger partial charge in [-0.05, 0) is 69.5 Å². The third-order valence-corrected chi connectivity index (χ3v) is 4.41. The zero-order chi connectivity index (χ0) is 23.0. The van der Waals surface area contributed by atoms with E-state index in [0.717, 1.165) is 5.56 Å². The van der Waals surface area contributed by atoms with Gasteiger partial charge in [0.15, 0.2) is 0 Å². The molecule has 2 aromatic carbocycles. The monoisotopic (exact) mass is 372 g/mol. The Kier molecular flexibility index (Phi) is 4.67. The number of halogens is 1. The number of H-pyrrole nitrogens is 1. The molecule has 0 aliphatic rings. The van der Waals surface area contributed by atoms with E-state index in [2.05, 4.69) is 4.98 Å². The average Bonchev–Trinajstić information content (AvgIpc) is 3.12. The lowest BCUT2D eigenvalue weighted by atomic mass is 10.1. The standard InChI is InChI=1S/C23H29FN2O/c1-16(2)26(17(3)4)13-12-19-14-25-21-6-5-7-22(23(19)21)27-15-18-8-10-20(24)11-9-18/h5-11,14,16-17,25H,12-13,15H2,1-4H3/i12D2,13D2. The van der Waals surface area contributed by atoms with Crippen molar-refractivity contribution in [1.82, 2.24) is 9.88 Å². The summed E-state index contributed by atoms with van der Waals surface area (Å²) in [5.41, 5.74) is 1.64. The number of aryl methyl sites for hydroxylation is 1. The minimum Gasteiger partial charge on any atom is -0.488 e. The summed E-state index contributed by atoms with van der Waals surface area (Å²) in [6.07, 6.45) is -0.804. The van der Waals surface area contributed by atoms with E-state index in [0.29, 0.717) is 16.7 Å². The molecule has 0 fully saturated rings. The zero-order valence-corrected chi connectivity index (χ0v) is 16.2. The van der Waals surface area contributed by atoms with Gasteiger partial charge >= 0.3 is 0 Å². The topological polar surface area (TPSA) is 28.3 Å². The maximum atomic E-state index is 13.2. The quantitative estimate of drug-likeness (QED) is 0.562. The number of fused-ring (bicyclic) bond motifs is 1. The van der Waals surface area contributed by atoms with Crippen LogP contribution in [0, 0.1) is 5.82 Å². The Morgan fingerprint density at radius 1 is 1.07 bits per heavy atom. The van der Waals surface area contributed by atoms with Crippen LogP contribution in [0.4, 0.5) is 4.39 Å². The van der Waals surface area contributed by atoms with Gasteiger partial charge in [0.05, 0.1) is 0 Å². The second kappa shape index (κ2) is 8.57. The minimum absolute atomic E-state index is 0.185. The van der Waals surface area contributed by atoms with Gasteiger partial charge in [0.1, 0.15) is 18.2 Å². The van der Waals surface area contributed by atoms with Crippen molar-refractivity contribution in [2.75, 3.05) is 6.50 Å². The number of hydrogen-bond donors (Lipinski definition) is 1. The first kappa shape index (κ1) is 14.7. The Morgan fingerprint density at radius 2 is 1.78 bits per heavy atom. The van der Waals surface area contributed by atoms with Gasteiger partial charge in [-0.2, -0.15) is 0 Å². The van der Waals surface area contributed by atoms with E-state index in [1.54, 1.807) is 35.2 Å². The van der Waals surface area contributed by atoms with Crippen LogP contribution in [0.5, 0.6) is 5.75 Å². The molecule has 4 heteroatoms. The summed E-state index contributed by atoms with van der Waals surface area (Å²) >= 11 is 0. The lowest BCUT2D eigenvalue weighted by Crippen LogP contribution is -2.38. The van der Waals surface area contributed by atoms with Crippen LogP contribution in [0.25, 0.3) is 10.9 Å². The van der Waals surface area contributed by atoms with Crippen LogP contribution in [0.15, 0.2) is 48.7 Å². The molecule has 3 aromatic rings. The van der Waals surface area contributed by atoms with E-state index >= 15 is 0 Å². The van der Waals surface area contributed by atoms with E-state index in [4.69, 9.17) is 10.2 Å². The van der Waals surface area contributed by atoms with Gasteiger partial charge in [-0.25, -0.2) is 4.39 Å². The van der Waals surface area contributed by atoms with Gasteiger partial charge in [0, 0.05) is 41.2 Å². The first-order valence-electron chi connectivity index (χ1n) is 11.2. The first-order valence-corrected chi connectivity index (χ1v) is 9.23. The van der Waals surface area contributed by atoms with E-state index < -0.39 is 12.9 Å². The molecular formula is C23H29FN2O. The number of nitrogens with one attached hydrogen (secondary N) is 1. The van der Waals surface area contributed by atoms with E-state index in [1.165, 1.54) is 18.3 Å². The molecule has 0 saturated carbocycles. The summed E-state index contributed by atoms with van der Waals surface area (Å²) < 4.78 is 54.3. The van der Waals surface area contributed by atoms with Crippen LogP contribution in [0.1, 0.15) is 44.3 Å². The number of nitrogens with zero attached hydrogens (tertiary/aromatic N) is 1. The van der Waals surface area contributed by atoms with Gasteiger partial charge in [-0.1, -0.05) is 18.2 Å². The predicted molar refractivity (Wildman–Crippen MR) is 110 cm³/mol. The molecule has 0 aliphatic carbocycles. The third-order valence-electron chi connectivity index (χ3n) is 4.41. The number of rotatable bonds is 8.